The summed E-state index contributed by atoms with van der Waals surface area (Å²) < 4.78 is 40.3. The minimum absolute atomic E-state index is 0.121. The summed E-state index contributed by atoms with van der Waals surface area (Å²) in [4.78, 5) is 3.74. The Kier molecular flexibility index (Phi) is 4.34. The molecule has 0 spiro atoms. The van der Waals surface area contributed by atoms with Crippen molar-refractivity contribution in [3.05, 3.63) is 46.9 Å². The molecule has 0 atom stereocenters. The largest absolute Gasteiger partial charge is 0.372 e. The third-order valence-corrected chi connectivity index (χ3v) is 4.35. The first kappa shape index (κ1) is 15.5. The van der Waals surface area contributed by atoms with Gasteiger partial charge in [0.1, 0.15) is 16.5 Å². The molecule has 8 heteroatoms. The summed E-state index contributed by atoms with van der Waals surface area (Å²) in [6, 6.07) is 5.40. The van der Waals surface area contributed by atoms with Crippen LogP contribution in [0.15, 0.2) is 35.4 Å². The zero-order valence-corrected chi connectivity index (χ0v) is 12.9. The van der Waals surface area contributed by atoms with Gasteiger partial charge in [0.05, 0.1) is 10.7 Å². The van der Waals surface area contributed by atoms with Crippen molar-refractivity contribution in [3.8, 4) is 0 Å². The molecule has 0 unspecified atom stereocenters. The summed E-state index contributed by atoms with van der Waals surface area (Å²) in [5, 5.41) is 2.88. The summed E-state index contributed by atoms with van der Waals surface area (Å²) in [6.07, 6.45) is 1.15. The number of aryl methyl sites for hydroxylation is 1. The van der Waals surface area contributed by atoms with Gasteiger partial charge in [0.15, 0.2) is 0 Å². The standard InChI is InChI=1S/C13H13ClFN3O2S/c1-8-3-4-11(15)12(5-8)18-21(19,20)9-6-10(14)13(16-2)17-7-9/h3-7,18H,1-2H3,(H,16,17). The molecule has 2 N–H and O–H groups in total. The smallest absolute Gasteiger partial charge is 0.263 e. The van der Waals surface area contributed by atoms with Gasteiger partial charge < -0.3 is 5.32 Å². The Hall–Kier alpha value is -1.86. The normalized spacial score (nSPS) is 11.2. The van der Waals surface area contributed by atoms with Gasteiger partial charge in [0.2, 0.25) is 0 Å². The van der Waals surface area contributed by atoms with Crippen LogP contribution in [0.25, 0.3) is 0 Å². The Bertz CT molecular complexity index is 781. The average molecular weight is 330 g/mol. The maximum Gasteiger partial charge on any atom is 0.263 e. The van der Waals surface area contributed by atoms with Crippen molar-refractivity contribution >= 4 is 33.1 Å². The van der Waals surface area contributed by atoms with Crippen molar-refractivity contribution in [1.29, 1.82) is 0 Å². The maximum absolute atomic E-state index is 13.6. The van der Waals surface area contributed by atoms with Gasteiger partial charge >= 0.3 is 0 Å². The van der Waals surface area contributed by atoms with Crippen LogP contribution >= 0.6 is 11.6 Å². The van der Waals surface area contributed by atoms with E-state index in [4.69, 9.17) is 11.6 Å². The monoisotopic (exact) mass is 329 g/mol. The summed E-state index contributed by atoms with van der Waals surface area (Å²) in [5.41, 5.74) is 0.611. The highest BCUT2D eigenvalue weighted by atomic mass is 35.5. The van der Waals surface area contributed by atoms with Crippen LogP contribution in [0.4, 0.5) is 15.9 Å². The number of pyridine rings is 1. The number of hydrogen-bond donors (Lipinski definition) is 2. The van der Waals surface area contributed by atoms with Gasteiger partial charge in [-0.2, -0.15) is 0 Å². The Morgan fingerprint density at radius 3 is 2.62 bits per heavy atom. The summed E-state index contributed by atoms with van der Waals surface area (Å²) in [6.45, 7) is 1.73. The second-order valence-electron chi connectivity index (χ2n) is 4.34. The number of aromatic nitrogens is 1. The number of hydrogen-bond acceptors (Lipinski definition) is 4. The molecule has 0 saturated carbocycles. The van der Waals surface area contributed by atoms with E-state index in [2.05, 4.69) is 15.0 Å². The van der Waals surface area contributed by atoms with Crippen molar-refractivity contribution in [2.45, 2.75) is 11.8 Å². The van der Waals surface area contributed by atoms with Crippen LogP contribution in [0.1, 0.15) is 5.56 Å². The number of halogens is 2. The highest BCUT2D eigenvalue weighted by Gasteiger charge is 2.18. The van der Waals surface area contributed by atoms with E-state index in [1.807, 2.05) is 0 Å². The van der Waals surface area contributed by atoms with Gasteiger partial charge in [0.25, 0.3) is 10.0 Å². The van der Waals surface area contributed by atoms with E-state index in [1.165, 1.54) is 18.2 Å². The van der Waals surface area contributed by atoms with Crippen LogP contribution in [-0.4, -0.2) is 20.4 Å². The van der Waals surface area contributed by atoms with E-state index >= 15 is 0 Å². The molecule has 1 aromatic carbocycles. The molecule has 0 fully saturated rings. The molecule has 0 amide bonds. The second kappa shape index (κ2) is 5.87. The Morgan fingerprint density at radius 2 is 2.00 bits per heavy atom. The number of anilines is 2. The first-order valence-electron chi connectivity index (χ1n) is 5.96. The first-order chi connectivity index (χ1) is 9.83. The van der Waals surface area contributed by atoms with E-state index in [-0.39, 0.29) is 15.6 Å². The van der Waals surface area contributed by atoms with Crippen LogP contribution in [0.2, 0.25) is 5.02 Å². The molecule has 1 aromatic heterocycles. The molecule has 1 heterocycles. The minimum Gasteiger partial charge on any atom is -0.372 e. The lowest BCUT2D eigenvalue weighted by Crippen LogP contribution is -2.14. The second-order valence-corrected chi connectivity index (χ2v) is 6.43. The molecule has 21 heavy (non-hydrogen) atoms. The molecule has 0 aliphatic heterocycles. The van der Waals surface area contributed by atoms with Crippen LogP contribution in [-0.2, 0) is 10.0 Å². The average Bonchev–Trinajstić information content (AvgIpc) is 2.42. The van der Waals surface area contributed by atoms with Crippen molar-refractivity contribution in [2.75, 3.05) is 17.1 Å². The molecule has 2 rings (SSSR count). The number of sulfonamides is 1. The van der Waals surface area contributed by atoms with E-state index in [0.29, 0.717) is 5.82 Å². The fraction of sp³-hybridized carbons (Fsp3) is 0.154. The molecular weight excluding hydrogens is 317 g/mol. The third-order valence-electron chi connectivity index (χ3n) is 2.73. The van der Waals surface area contributed by atoms with Gasteiger partial charge in [-0.3, -0.25) is 4.72 Å². The molecular formula is C13H13ClFN3O2S. The molecule has 0 aliphatic rings. The quantitative estimate of drug-likeness (QED) is 0.904. The fourth-order valence-electron chi connectivity index (χ4n) is 1.67. The minimum atomic E-state index is -3.96. The van der Waals surface area contributed by atoms with Crippen LogP contribution < -0.4 is 10.0 Å². The van der Waals surface area contributed by atoms with Gasteiger partial charge in [-0.1, -0.05) is 17.7 Å². The molecule has 5 nitrogen and oxygen atoms in total. The molecule has 0 saturated heterocycles. The Morgan fingerprint density at radius 1 is 1.29 bits per heavy atom. The fourth-order valence-corrected chi connectivity index (χ4v) is 3.03. The lowest BCUT2D eigenvalue weighted by Gasteiger charge is -2.10. The number of benzene rings is 1. The molecule has 112 valence electrons. The summed E-state index contributed by atoms with van der Waals surface area (Å²) in [7, 11) is -2.35. The van der Waals surface area contributed by atoms with Gasteiger partial charge in [0, 0.05) is 13.2 Å². The maximum atomic E-state index is 13.6. The number of nitrogens with one attached hydrogen (secondary N) is 2. The van der Waals surface area contributed by atoms with E-state index < -0.39 is 15.8 Å². The van der Waals surface area contributed by atoms with Gasteiger partial charge in [-0.25, -0.2) is 17.8 Å². The van der Waals surface area contributed by atoms with Gasteiger partial charge in [-0.05, 0) is 30.7 Å². The summed E-state index contributed by atoms with van der Waals surface area (Å²) in [5.74, 6) is -0.299. The highest BCUT2D eigenvalue weighted by Crippen LogP contribution is 2.24. The molecule has 0 radical (unpaired) electrons. The van der Waals surface area contributed by atoms with E-state index in [1.54, 1.807) is 20.0 Å². The molecule has 0 bridgehead atoms. The molecule has 2 aromatic rings. The van der Waals surface area contributed by atoms with E-state index in [0.717, 1.165) is 11.8 Å². The number of rotatable bonds is 4. The van der Waals surface area contributed by atoms with Crippen LogP contribution in [0.5, 0.6) is 0 Å². The van der Waals surface area contributed by atoms with Gasteiger partial charge in [-0.15, -0.1) is 0 Å². The topological polar surface area (TPSA) is 71.1 Å². The Labute approximate surface area is 127 Å². The lowest BCUT2D eigenvalue weighted by atomic mass is 10.2. The van der Waals surface area contributed by atoms with Crippen molar-refractivity contribution in [3.63, 3.8) is 0 Å². The van der Waals surface area contributed by atoms with Crippen molar-refractivity contribution in [2.24, 2.45) is 0 Å². The number of nitrogens with zero attached hydrogens (tertiary/aromatic N) is 1. The summed E-state index contributed by atoms with van der Waals surface area (Å²) >= 11 is 5.90. The van der Waals surface area contributed by atoms with Crippen LogP contribution in [0.3, 0.4) is 0 Å². The van der Waals surface area contributed by atoms with Crippen molar-refractivity contribution in [1.82, 2.24) is 4.98 Å². The highest BCUT2D eigenvalue weighted by molar-refractivity contribution is 7.92. The molecule has 0 aliphatic carbocycles. The SMILES string of the molecule is CNc1ncc(S(=O)(=O)Nc2cc(C)ccc2F)cc1Cl. The van der Waals surface area contributed by atoms with E-state index in [9.17, 15) is 12.8 Å². The Balaban J connectivity index is 2.38. The zero-order valence-electron chi connectivity index (χ0n) is 11.3. The lowest BCUT2D eigenvalue weighted by molar-refractivity contribution is 0.598. The third kappa shape index (κ3) is 3.43. The predicted octanol–water partition coefficient (Wildman–Crippen LogP) is 3.03. The predicted molar refractivity (Wildman–Crippen MR) is 80.7 cm³/mol. The van der Waals surface area contributed by atoms with Crippen LogP contribution in [0, 0.1) is 12.7 Å². The zero-order chi connectivity index (χ0) is 15.6. The first-order valence-corrected chi connectivity index (χ1v) is 7.82. The van der Waals surface area contributed by atoms with Crippen molar-refractivity contribution < 1.29 is 12.8 Å².